The van der Waals surface area contributed by atoms with Crippen LogP contribution in [0.2, 0.25) is 0 Å². The summed E-state index contributed by atoms with van der Waals surface area (Å²) in [6.45, 7) is -0.694. The monoisotopic (exact) mass is 400 g/mol. The summed E-state index contributed by atoms with van der Waals surface area (Å²) in [6, 6.07) is 9.93. The molecule has 0 bridgehead atoms. The molecule has 0 amide bonds. The Hall–Kier alpha value is -2.88. The fourth-order valence-corrected chi connectivity index (χ4v) is 2.85. The van der Waals surface area contributed by atoms with Crippen LogP contribution in [0.15, 0.2) is 52.5 Å². The third kappa shape index (κ3) is 5.81. The predicted molar refractivity (Wildman–Crippen MR) is 95.2 cm³/mol. The number of hydrazone groups is 1. The minimum absolute atomic E-state index is 0.0152. The van der Waals surface area contributed by atoms with Crippen molar-refractivity contribution in [2.75, 3.05) is 13.7 Å². The van der Waals surface area contributed by atoms with E-state index in [1.54, 1.807) is 0 Å². The summed E-state index contributed by atoms with van der Waals surface area (Å²) < 4.78 is 63.5. The van der Waals surface area contributed by atoms with Crippen LogP contribution in [-0.2, 0) is 10.0 Å². The molecule has 0 saturated heterocycles. The molecule has 1 N–H and O–H groups in total. The Balaban J connectivity index is 2.09. The molecule has 27 heavy (non-hydrogen) atoms. The zero-order valence-corrected chi connectivity index (χ0v) is 15.4. The number of benzene rings is 2. The molecule has 0 aliphatic rings. The van der Waals surface area contributed by atoms with E-state index >= 15 is 0 Å². The Kier molecular flexibility index (Phi) is 6.94. The standard InChI is InChI=1S/C17H18F2N2O5S/c1-3-25-13-5-7-14(8-6-13)27(22,23)21-20-11-12-4-9-15(26-17(18)19)16(10-12)24-2/h4-11,17,21H,3H2,1-2H3/b20-11-. The maximum atomic E-state index is 12.3. The topological polar surface area (TPSA) is 86.2 Å². The SMILES string of the molecule is CCOc1ccc(S(=O)(=O)N/N=C\c2ccc(OC(F)F)c(OC)c2)cc1. The molecule has 0 aromatic heterocycles. The number of hydrogen-bond donors (Lipinski definition) is 1. The molecular formula is C17H18F2N2O5S. The first kappa shape index (κ1) is 20.4. The molecule has 0 unspecified atom stereocenters. The van der Waals surface area contributed by atoms with E-state index in [0.29, 0.717) is 17.9 Å². The Morgan fingerprint density at radius 2 is 1.85 bits per heavy atom. The summed E-state index contributed by atoms with van der Waals surface area (Å²) in [5.74, 6) is 0.478. The number of nitrogens with one attached hydrogen (secondary N) is 1. The van der Waals surface area contributed by atoms with Gasteiger partial charge in [0.1, 0.15) is 5.75 Å². The quantitative estimate of drug-likeness (QED) is 0.517. The van der Waals surface area contributed by atoms with Crippen molar-refractivity contribution in [3.05, 3.63) is 48.0 Å². The molecule has 0 aliphatic heterocycles. The van der Waals surface area contributed by atoms with Gasteiger partial charge in [0.25, 0.3) is 10.0 Å². The van der Waals surface area contributed by atoms with Crippen molar-refractivity contribution < 1.29 is 31.4 Å². The number of alkyl halides is 2. The van der Waals surface area contributed by atoms with Crippen LogP contribution in [0.1, 0.15) is 12.5 Å². The second-order valence-electron chi connectivity index (χ2n) is 5.05. The van der Waals surface area contributed by atoms with Crippen LogP contribution in [-0.4, -0.2) is 35.0 Å². The highest BCUT2D eigenvalue weighted by molar-refractivity contribution is 7.89. The summed E-state index contributed by atoms with van der Waals surface area (Å²) in [4.78, 5) is 2.08. The van der Waals surface area contributed by atoms with Gasteiger partial charge in [0, 0.05) is 0 Å². The van der Waals surface area contributed by atoms with Gasteiger partial charge in [-0.2, -0.15) is 22.3 Å². The van der Waals surface area contributed by atoms with Crippen LogP contribution in [0.4, 0.5) is 8.78 Å². The van der Waals surface area contributed by atoms with Gasteiger partial charge in [-0.05, 0) is 55.0 Å². The summed E-state index contributed by atoms with van der Waals surface area (Å²) in [5.41, 5.74) is 0.419. The average Bonchev–Trinajstić information content (AvgIpc) is 2.63. The Morgan fingerprint density at radius 3 is 2.44 bits per heavy atom. The third-order valence-electron chi connectivity index (χ3n) is 3.24. The molecule has 0 atom stereocenters. The van der Waals surface area contributed by atoms with Crippen molar-refractivity contribution in [2.24, 2.45) is 5.10 Å². The van der Waals surface area contributed by atoms with E-state index in [-0.39, 0.29) is 16.4 Å². The van der Waals surface area contributed by atoms with E-state index < -0.39 is 16.6 Å². The average molecular weight is 400 g/mol. The summed E-state index contributed by atoms with van der Waals surface area (Å²) in [6.07, 6.45) is 1.21. The lowest BCUT2D eigenvalue weighted by Gasteiger charge is -2.10. The van der Waals surface area contributed by atoms with Crippen LogP contribution in [0.25, 0.3) is 0 Å². The van der Waals surface area contributed by atoms with Gasteiger partial charge in [0.15, 0.2) is 11.5 Å². The molecule has 0 saturated carbocycles. The van der Waals surface area contributed by atoms with Gasteiger partial charge in [0.2, 0.25) is 0 Å². The number of methoxy groups -OCH3 is 1. The molecule has 2 rings (SSSR count). The lowest BCUT2D eigenvalue weighted by Crippen LogP contribution is -2.18. The lowest BCUT2D eigenvalue weighted by atomic mass is 10.2. The van der Waals surface area contributed by atoms with Gasteiger partial charge in [-0.1, -0.05) is 0 Å². The molecule has 146 valence electrons. The zero-order valence-electron chi connectivity index (χ0n) is 14.6. The number of nitrogens with zero attached hydrogens (tertiary/aromatic N) is 1. The zero-order chi connectivity index (χ0) is 19.9. The van der Waals surface area contributed by atoms with E-state index in [2.05, 4.69) is 14.7 Å². The fraction of sp³-hybridized carbons (Fsp3) is 0.235. The normalized spacial score (nSPS) is 11.6. The first-order valence-electron chi connectivity index (χ1n) is 7.76. The van der Waals surface area contributed by atoms with Crippen molar-refractivity contribution >= 4 is 16.2 Å². The molecular weight excluding hydrogens is 382 g/mol. The summed E-state index contributed by atoms with van der Waals surface area (Å²) >= 11 is 0. The van der Waals surface area contributed by atoms with Gasteiger partial charge >= 0.3 is 6.61 Å². The van der Waals surface area contributed by atoms with Gasteiger partial charge in [-0.25, -0.2) is 4.83 Å². The number of sulfonamides is 1. The lowest BCUT2D eigenvalue weighted by molar-refractivity contribution is -0.0512. The van der Waals surface area contributed by atoms with Gasteiger partial charge in [0.05, 0.1) is 24.8 Å². The minimum atomic E-state index is -3.86. The molecule has 0 fully saturated rings. The maximum Gasteiger partial charge on any atom is 0.387 e. The highest BCUT2D eigenvalue weighted by Crippen LogP contribution is 2.28. The van der Waals surface area contributed by atoms with Gasteiger partial charge in [-0.15, -0.1) is 0 Å². The second kappa shape index (κ2) is 9.17. The van der Waals surface area contributed by atoms with Crippen LogP contribution in [0.5, 0.6) is 17.2 Å². The highest BCUT2D eigenvalue weighted by Gasteiger charge is 2.13. The largest absolute Gasteiger partial charge is 0.494 e. The van der Waals surface area contributed by atoms with E-state index in [4.69, 9.17) is 9.47 Å². The fourth-order valence-electron chi connectivity index (χ4n) is 2.06. The second-order valence-corrected chi connectivity index (χ2v) is 6.71. The first-order valence-corrected chi connectivity index (χ1v) is 9.24. The number of hydrogen-bond acceptors (Lipinski definition) is 6. The van der Waals surface area contributed by atoms with E-state index in [1.165, 1.54) is 55.8 Å². The summed E-state index contributed by atoms with van der Waals surface area (Å²) in [7, 11) is -2.57. The van der Waals surface area contributed by atoms with Crippen LogP contribution in [0.3, 0.4) is 0 Å². The molecule has 7 nitrogen and oxygen atoms in total. The van der Waals surface area contributed by atoms with Crippen molar-refractivity contribution in [2.45, 2.75) is 18.4 Å². The Bertz CT molecular complexity index is 887. The van der Waals surface area contributed by atoms with E-state index in [0.717, 1.165) is 0 Å². The van der Waals surface area contributed by atoms with Crippen molar-refractivity contribution in [1.29, 1.82) is 0 Å². The Labute approximate surface area is 155 Å². The molecule has 2 aromatic rings. The van der Waals surface area contributed by atoms with Crippen molar-refractivity contribution in [1.82, 2.24) is 4.83 Å². The molecule has 10 heteroatoms. The number of halogens is 2. The third-order valence-corrected chi connectivity index (χ3v) is 4.47. The molecule has 0 spiro atoms. The minimum Gasteiger partial charge on any atom is -0.494 e. The molecule has 0 radical (unpaired) electrons. The molecule has 2 aromatic carbocycles. The van der Waals surface area contributed by atoms with Crippen LogP contribution >= 0.6 is 0 Å². The smallest absolute Gasteiger partial charge is 0.387 e. The predicted octanol–water partition coefficient (Wildman–Crippen LogP) is 3.01. The van der Waals surface area contributed by atoms with Crippen molar-refractivity contribution in [3.63, 3.8) is 0 Å². The number of rotatable bonds is 9. The molecule has 0 aliphatic carbocycles. The Morgan fingerprint density at radius 1 is 1.15 bits per heavy atom. The maximum absolute atomic E-state index is 12.3. The van der Waals surface area contributed by atoms with E-state index in [1.807, 2.05) is 6.92 Å². The first-order chi connectivity index (χ1) is 12.9. The van der Waals surface area contributed by atoms with Gasteiger partial charge < -0.3 is 14.2 Å². The summed E-state index contributed by atoms with van der Waals surface area (Å²) in [5, 5.41) is 3.68. The molecule has 0 heterocycles. The van der Waals surface area contributed by atoms with Crippen LogP contribution in [0, 0.1) is 0 Å². The van der Waals surface area contributed by atoms with Crippen molar-refractivity contribution in [3.8, 4) is 17.2 Å². The van der Waals surface area contributed by atoms with E-state index in [9.17, 15) is 17.2 Å². The highest BCUT2D eigenvalue weighted by atomic mass is 32.2. The van der Waals surface area contributed by atoms with Gasteiger partial charge in [-0.3, -0.25) is 0 Å². The number of ether oxygens (including phenoxy) is 3. The van der Waals surface area contributed by atoms with Crippen LogP contribution < -0.4 is 19.0 Å².